The summed E-state index contributed by atoms with van der Waals surface area (Å²) in [5, 5.41) is 10.1. The molecule has 5 aromatic rings. The molecule has 208 valence electrons. The number of amides is 3. The summed E-state index contributed by atoms with van der Waals surface area (Å²) in [6, 6.07) is 17.2. The lowest BCUT2D eigenvalue weighted by Crippen LogP contribution is -2.28. The Kier molecular flexibility index (Phi) is 8.17. The van der Waals surface area contributed by atoms with E-state index < -0.39 is 23.6 Å². The van der Waals surface area contributed by atoms with Gasteiger partial charge in [0.1, 0.15) is 33.1 Å². The fourth-order valence-electron chi connectivity index (χ4n) is 3.76. The Bertz CT molecular complexity index is 1730. The molecule has 0 aliphatic carbocycles. The Balaban J connectivity index is 1.31. The molecule has 0 radical (unpaired) electrons. The largest absolute Gasteiger partial charge is 0.497 e. The van der Waals surface area contributed by atoms with Crippen molar-refractivity contribution in [1.82, 2.24) is 15.3 Å². The molecule has 0 unspecified atom stereocenters. The SMILES string of the molecule is COc1cccc(C(=O)Nc2cc(-c3csc(-c4sc(NC(=O)NCc5ccccc5)nc4N)n3)c(F)cc2F)c1. The van der Waals surface area contributed by atoms with Crippen LogP contribution in [0.2, 0.25) is 0 Å². The highest BCUT2D eigenvalue weighted by atomic mass is 32.1. The third-order valence-corrected chi connectivity index (χ3v) is 7.76. The fourth-order valence-corrected chi connectivity index (χ4v) is 5.56. The van der Waals surface area contributed by atoms with Crippen LogP contribution in [-0.4, -0.2) is 29.0 Å². The van der Waals surface area contributed by atoms with Crippen LogP contribution in [-0.2, 0) is 6.54 Å². The molecule has 5 rings (SSSR count). The van der Waals surface area contributed by atoms with Crippen LogP contribution in [0.4, 0.5) is 30.2 Å². The van der Waals surface area contributed by atoms with Gasteiger partial charge in [0.2, 0.25) is 0 Å². The number of benzene rings is 3. The van der Waals surface area contributed by atoms with Crippen LogP contribution in [0.1, 0.15) is 15.9 Å². The standard InChI is InChI=1S/C28H22F2N6O3S2/c1-39-17-9-5-8-16(10-17)25(37)33-21-11-18(19(29)12-20(21)30)22-14-40-26(34-22)23-24(31)35-28(41-23)36-27(38)32-13-15-6-3-2-4-7-15/h2-12,14H,13,31H2,1H3,(H,33,37)(H2,32,35,36,38). The normalized spacial score (nSPS) is 10.7. The highest BCUT2D eigenvalue weighted by Gasteiger charge is 2.20. The van der Waals surface area contributed by atoms with Crippen molar-refractivity contribution in [1.29, 1.82) is 0 Å². The summed E-state index contributed by atoms with van der Waals surface area (Å²) < 4.78 is 34.5. The van der Waals surface area contributed by atoms with Gasteiger partial charge in [0.25, 0.3) is 5.91 Å². The number of anilines is 3. The van der Waals surface area contributed by atoms with Gasteiger partial charge >= 0.3 is 6.03 Å². The van der Waals surface area contributed by atoms with Gasteiger partial charge in [0, 0.05) is 29.1 Å². The van der Waals surface area contributed by atoms with E-state index in [4.69, 9.17) is 10.5 Å². The second-order valence-corrected chi connectivity index (χ2v) is 10.4. The van der Waals surface area contributed by atoms with E-state index in [1.54, 1.807) is 23.6 Å². The van der Waals surface area contributed by atoms with Gasteiger partial charge < -0.3 is 21.1 Å². The number of carbonyl (C=O) groups is 2. The number of nitrogen functional groups attached to an aromatic ring is 1. The third-order valence-electron chi connectivity index (χ3n) is 5.78. The maximum Gasteiger partial charge on any atom is 0.321 e. The van der Waals surface area contributed by atoms with Gasteiger partial charge in [-0.1, -0.05) is 47.7 Å². The first-order chi connectivity index (χ1) is 19.8. The topological polar surface area (TPSA) is 131 Å². The van der Waals surface area contributed by atoms with Crippen molar-refractivity contribution in [2.75, 3.05) is 23.5 Å². The lowest BCUT2D eigenvalue weighted by molar-refractivity contribution is 0.102. The first-order valence-corrected chi connectivity index (χ1v) is 13.8. The summed E-state index contributed by atoms with van der Waals surface area (Å²) in [6.45, 7) is 0.335. The summed E-state index contributed by atoms with van der Waals surface area (Å²) >= 11 is 2.28. The molecule has 3 aromatic carbocycles. The van der Waals surface area contributed by atoms with Crippen molar-refractivity contribution in [2.24, 2.45) is 0 Å². The summed E-state index contributed by atoms with van der Waals surface area (Å²) in [7, 11) is 1.46. The molecule has 2 heterocycles. The zero-order valence-electron chi connectivity index (χ0n) is 21.4. The van der Waals surface area contributed by atoms with Gasteiger partial charge in [-0.15, -0.1) is 11.3 Å². The van der Waals surface area contributed by atoms with Gasteiger partial charge in [-0.25, -0.2) is 23.5 Å². The van der Waals surface area contributed by atoms with E-state index >= 15 is 0 Å². The third kappa shape index (κ3) is 6.48. The Morgan fingerprint density at radius 2 is 1.78 bits per heavy atom. The molecule has 5 N–H and O–H groups in total. The number of urea groups is 1. The zero-order chi connectivity index (χ0) is 28.9. The Morgan fingerprint density at radius 1 is 0.976 bits per heavy atom. The molecule has 0 fully saturated rings. The summed E-state index contributed by atoms with van der Waals surface area (Å²) in [4.78, 5) is 34.1. The number of ether oxygens (including phenoxy) is 1. The van der Waals surface area contributed by atoms with Crippen LogP contribution in [0, 0.1) is 11.6 Å². The molecule has 3 amide bonds. The van der Waals surface area contributed by atoms with E-state index in [9.17, 15) is 18.4 Å². The molecule has 0 saturated heterocycles. The highest BCUT2D eigenvalue weighted by molar-refractivity contribution is 7.23. The average Bonchev–Trinajstić information content (AvgIpc) is 3.60. The number of rotatable bonds is 8. The molecule has 13 heteroatoms. The Hall–Kier alpha value is -4.88. The number of thiazole rings is 2. The molecule has 0 aliphatic heterocycles. The molecule has 0 bridgehead atoms. The molecular formula is C28H22F2N6O3S2. The van der Waals surface area contributed by atoms with Crippen LogP contribution in [0.3, 0.4) is 0 Å². The monoisotopic (exact) mass is 592 g/mol. The second-order valence-electron chi connectivity index (χ2n) is 8.56. The van der Waals surface area contributed by atoms with Crippen molar-refractivity contribution < 1.29 is 23.1 Å². The second kappa shape index (κ2) is 12.1. The van der Waals surface area contributed by atoms with Crippen molar-refractivity contribution in [3.8, 4) is 26.9 Å². The minimum absolute atomic E-state index is 0.0171. The van der Waals surface area contributed by atoms with Crippen LogP contribution in [0.5, 0.6) is 5.75 Å². The molecule has 0 atom stereocenters. The number of nitrogens with zero attached hydrogens (tertiary/aromatic N) is 2. The van der Waals surface area contributed by atoms with Gasteiger partial charge in [0.15, 0.2) is 5.13 Å². The van der Waals surface area contributed by atoms with Crippen molar-refractivity contribution in [3.63, 3.8) is 0 Å². The predicted octanol–water partition coefficient (Wildman–Crippen LogP) is 6.38. The van der Waals surface area contributed by atoms with Crippen LogP contribution < -0.4 is 26.4 Å². The van der Waals surface area contributed by atoms with E-state index in [1.165, 1.54) is 30.6 Å². The van der Waals surface area contributed by atoms with Gasteiger partial charge in [-0.2, -0.15) is 0 Å². The van der Waals surface area contributed by atoms with Crippen molar-refractivity contribution >= 4 is 51.2 Å². The number of nitrogens with one attached hydrogen (secondary N) is 3. The maximum atomic E-state index is 14.8. The van der Waals surface area contributed by atoms with Crippen LogP contribution in [0.25, 0.3) is 21.1 Å². The molecule has 9 nitrogen and oxygen atoms in total. The van der Waals surface area contributed by atoms with Crippen LogP contribution in [0.15, 0.2) is 72.1 Å². The Labute approximate surface area is 241 Å². The summed E-state index contributed by atoms with van der Waals surface area (Å²) in [6.07, 6.45) is 0. The quantitative estimate of drug-likeness (QED) is 0.165. The number of halogens is 2. The van der Waals surface area contributed by atoms with Gasteiger partial charge in [-0.3, -0.25) is 10.1 Å². The molecule has 0 spiro atoms. The number of hydrogen-bond acceptors (Lipinski definition) is 8. The molecule has 0 saturated carbocycles. The Morgan fingerprint density at radius 3 is 2.56 bits per heavy atom. The highest BCUT2D eigenvalue weighted by Crippen LogP contribution is 2.39. The predicted molar refractivity (Wildman–Crippen MR) is 156 cm³/mol. The number of hydrogen-bond donors (Lipinski definition) is 4. The van der Waals surface area contributed by atoms with E-state index in [2.05, 4.69) is 25.9 Å². The molecule has 41 heavy (non-hydrogen) atoms. The van der Waals surface area contributed by atoms with Gasteiger partial charge in [-0.05, 0) is 29.8 Å². The fraction of sp³-hybridized carbons (Fsp3) is 0.0714. The minimum Gasteiger partial charge on any atom is -0.497 e. The van der Waals surface area contributed by atoms with E-state index in [1.807, 2.05) is 30.3 Å². The number of carbonyl (C=O) groups excluding carboxylic acids is 2. The average molecular weight is 593 g/mol. The van der Waals surface area contributed by atoms with E-state index in [-0.39, 0.29) is 33.5 Å². The summed E-state index contributed by atoms with van der Waals surface area (Å²) in [5.41, 5.74) is 7.24. The maximum absolute atomic E-state index is 14.8. The molecule has 0 aliphatic rings. The van der Waals surface area contributed by atoms with Crippen molar-refractivity contribution in [3.05, 3.63) is 94.9 Å². The molecular weight excluding hydrogens is 570 g/mol. The lowest BCUT2D eigenvalue weighted by atomic mass is 10.1. The van der Waals surface area contributed by atoms with Crippen LogP contribution >= 0.6 is 22.7 Å². The van der Waals surface area contributed by atoms with E-state index in [0.29, 0.717) is 28.2 Å². The number of aromatic nitrogens is 2. The zero-order valence-corrected chi connectivity index (χ0v) is 23.0. The van der Waals surface area contributed by atoms with E-state index in [0.717, 1.165) is 16.9 Å². The number of methoxy groups -OCH3 is 1. The first kappa shape index (κ1) is 27.7. The minimum atomic E-state index is -0.939. The smallest absolute Gasteiger partial charge is 0.321 e. The number of nitrogens with two attached hydrogens (primary N) is 1. The van der Waals surface area contributed by atoms with Gasteiger partial charge in [0.05, 0.1) is 18.5 Å². The lowest BCUT2D eigenvalue weighted by Gasteiger charge is -2.10. The molecule has 2 aromatic heterocycles. The summed E-state index contributed by atoms with van der Waals surface area (Å²) in [5.74, 6) is -1.79. The van der Waals surface area contributed by atoms with Crippen molar-refractivity contribution in [2.45, 2.75) is 6.54 Å². The first-order valence-electron chi connectivity index (χ1n) is 12.1.